The van der Waals surface area contributed by atoms with E-state index in [1.165, 1.54) is 10.9 Å². The second kappa shape index (κ2) is 5.69. The highest BCUT2D eigenvalue weighted by molar-refractivity contribution is 7.19. The third-order valence-corrected chi connectivity index (χ3v) is 4.54. The summed E-state index contributed by atoms with van der Waals surface area (Å²) < 4.78 is 14.2. The van der Waals surface area contributed by atoms with Crippen LogP contribution in [0.4, 0.5) is 4.39 Å². The van der Waals surface area contributed by atoms with Crippen molar-refractivity contribution >= 4 is 21.4 Å². The number of nitrogens with zero attached hydrogens (tertiary/aromatic N) is 1. The normalized spacial score (nSPS) is 12.7. The summed E-state index contributed by atoms with van der Waals surface area (Å²) >= 11 is 1.63. The molecule has 0 aliphatic rings. The smallest absolute Gasteiger partial charge is 0.124 e. The fraction of sp³-hybridized carbons (Fsp3) is 0.188. The largest absolute Gasteiger partial charge is 0.312 e. The lowest BCUT2D eigenvalue weighted by Gasteiger charge is -2.13. The van der Waals surface area contributed by atoms with Crippen molar-refractivity contribution < 1.29 is 4.39 Å². The van der Waals surface area contributed by atoms with Crippen LogP contribution in [-0.2, 0) is 6.42 Å². The Hall–Kier alpha value is -1.78. The molecule has 102 valence electrons. The molecule has 1 N–H and O–H groups in total. The SMILES string of the molecule is CNC(Cc1ccccn1)c1cc2ccc(F)cc2s1. The molecule has 0 amide bonds. The number of fused-ring (bicyclic) bond motifs is 1. The molecule has 20 heavy (non-hydrogen) atoms. The molecule has 0 saturated carbocycles. The van der Waals surface area contributed by atoms with E-state index in [1.54, 1.807) is 17.4 Å². The molecule has 1 aromatic carbocycles. The number of rotatable bonds is 4. The van der Waals surface area contributed by atoms with Gasteiger partial charge >= 0.3 is 0 Å². The average molecular weight is 286 g/mol. The number of thiophene rings is 1. The van der Waals surface area contributed by atoms with Crippen LogP contribution in [0, 0.1) is 5.82 Å². The van der Waals surface area contributed by atoms with E-state index in [1.807, 2.05) is 37.5 Å². The van der Waals surface area contributed by atoms with E-state index in [9.17, 15) is 4.39 Å². The van der Waals surface area contributed by atoms with Crippen molar-refractivity contribution in [3.63, 3.8) is 0 Å². The van der Waals surface area contributed by atoms with Crippen molar-refractivity contribution in [3.8, 4) is 0 Å². The van der Waals surface area contributed by atoms with Crippen molar-refractivity contribution in [2.75, 3.05) is 7.05 Å². The number of halogens is 1. The Kier molecular flexibility index (Phi) is 3.76. The van der Waals surface area contributed by atoms with Crippen molar-refractivity contribution in [1.82, 2.24) is 10.3 Å². The summed E-state index contributed by atoms with van der Waals surface area (Å²) in [5, 5.41) is 4.41. The summed E-state index contributed by atoms with van der Waals surface area (Å²) in [6, 6.07) is 13.2. The quantitative estimate of drug-likeness (QED) is 0.786. The van der Waals surface area contributed by atoms with E-state index in [2.05, 4.69) is 16.4 Å². The van der Waals surface area contributed by atoms with Gasteiger partial charge in [0.25, 0.3) is 0 Å². The van der Waals surface area contributed by atoms with Gasteiger partial charge < -0.3 is 5.32 Å². The fourth-order valence-corrected chi connectivity index (χ4v) is 3.47. The maximum Gasteiger partial charge on any atom is 0.124 e. The number of hydrogen-bond donors (Lipinski definition) is 1. The highest BCUT2D eigenvalue weighted by Gasteiger charge is 2.14. The molecule has 0 fully saturated rings. The molecule has 2 heterocycles. The molecular formula is C16H15FN2S. The Morgan fingerprint density at radius 1 is 1.25 bits per heavy atom. The molecule has 3 aromatic rings. The van der Waals surface area contributed by atoms with Gasteiger partial charge in [0.1, 0.15) is 5.82 Å². The van der Waals surface area contributed by atoms with E-state index < -0.39 is 0 Å². The first-order chi connectivity index (χ1) is 9.76. The van der Waals surface area contributed by atoms with E-state index in [0.717, 1.165) is 22.2 Å². The number of hydrogen-bond acceptors (Lipinski definition) is 3. The van der Waals surface area contributed by atoms with Gasteiger partial charge in [-0.15, -0.1) is 11.3 Å². The molecule has 1 atom stereocenters. The third kappa shape index (κ3) is 2.71. The molecule has 3 rings (SSSR count). The van der Waals surface area contributed by atoms with Crippen LogP contribution in [-0.4, -0.2) is 12.0 Å². The van der Waals surface area contributed by atoms with E-state index in [-0.39, 0.29) is 11.9 Å². The van der Waals surface area contributed by atoms with Gasteiger partial charge in [0, 0.05) is 33.9 Å². The first-order valence-electron chi connectivity index (χ1n) is 6.52. The second-order valence-electron chi connectivity index (χ2n) is 4.70. The fourth-order valence-electron chi connectivity index (χ4n) is 2.27. The molecular weight excluding hydrogens is 271 g/mol. The monoisotopic (exact) mass is 286 g/mol. The molecule has 1 unspecified atom stereocenters. The van der Waals surface area contributed by atoms with Crippen molar-refractivity contribution in [2.45, 2.75) is 12.5 Å². The van der Waals surface area contributed by atoms with Gasteiger partial charge in [-0.2, -0.15) is 0 Å². The summed E-state index contributed by atoms with van der Waals surface area (Å²) in [7, 11) is 1.94. The zero-order chi connectivity index (χ0) is 13.9. The van der Waals surface area contributed by atoms with Crippen LogP contribution in [0.15, 0.2) is 48.7 Å². The molecule has 0 aliphatic heterocycles. The van der Waals surface area contributed by atoms with Gasteiger partial charge in [0.05, 0.1) is 0 Å². The van der Waals surface area contributed by atoms with Crippen LogP contribution < -0.4 is 5.32 Å². The molecule has 2 nitrogen and oxygen atoms in total. The number of aromatic nitrogens is 1. The standard InChI is InChI=1S/C16H15FN2S/c1-18-14(10-13-4-2-3-7-19-13)16-8-11-5-6-12(17)9-15(11)20-16/h2-9,14,18H,10H2,1H3. The van der Waals surface area contributed by atoms with Crippen LogP contribution in [0.5, 0.6) is 0 Å². The predicted molar refractivity (Wildman–Crippen MR) is 81.5 cm³/mol. The number of benzene rings is 1. The summed E-state index contributed by atoms with van der Waals surface area (Å²) in [6.45, 7) is 0. The Bertz CT molecular complexity index is 709. The van der Waals surface area contributed by atoms with E-state index in [4.69, 9.17) is 0 Å². The molecule has 2 aromatic heterocycles. The average Bonchev–Trinajstić information content (AvgIpc) is 2.88. The van der Waals surface area contributed by atoms with Crippen molar-refractivity contribution in [2.24, 2.45) is 0 Å². The van der Waals surface area contributed by atoms with E-state index in [0.29, 0.717) is 0 Å². The Morgan fingerprint density at radius 3 is 2.90 bits per heavy atom. The minimum atomic E-state index is -0.184. The number of likely N-dealkylation sites (N-methyl/N-ethyl adjacent to an activating group) is 1. The zero-order valence-corrected chi connectivity index (χ0v) is 12.0. The lowest BCUT2D eigenvalue weighted by Crippen LogP contribution is -2.18. The topological polar surface area (TPSA) is 24.9 Å². The predicted octanol–water partition coefficient (Wildman–Crippen LogP) is 3.94. The van der Waals surface area contributed by atoms with Crippen LogP contribution in [0.3, 0.4) is 0 Å². The van der Waals surface area contributed by atoms with Gasteiger partial charge in [-0.05, 0) is 42.8 Å². The van der Waals surface area contributed by atoms with Crippen LogP contribution in [0.1, 0.15) is 16.6 Å². The maximum absolute atomic E-state index is 13.3. The molecule has 4 heteroatoms. The summed E-state index contributed by atoms with van der Waals surface area (Å²) in [5.74, 6) is -0.184. The van der Waals surface area contributed by atoms with Crippen molar-refractivity contribution in [1.29, 1.82) is 0 Å². The summed E-state index contributed by atoms with van der Waals surface area (Å²) in [4.78, 5) is 5.57. The van der Waals surface area contributed by atoms with Gasteiger partial charge in [-0.25, -0.2) is 4.39 Å². The molecule has 0 saturated heterocycles. The lowest BCUT2D eigenvalue weighted by atomic mass is 10.1. The highest BCUT2D eigenvalue weighted by Crippen LogP contribution is 2.31. The summed E-state index contributed by atoms with van der Waals surface area (Å²) in [5.41, 5.74) is 1.05. The first-order valence-corrected chi connectivity index (χ1v) is 7.34. The van der Waals surface area contributed by atoms with Gasteiger partial charge in [-0.3, -0.25) is 4.98 Å². The Labute approximate surface area is 121 Å². The maximum atomic E-state index is 13.3. The Balaban J connectivity index is 1.91. The van der Waals surface area contributed by atoms with E-state index >= 15 is 0 Å². The lowest BCUT2D eigenvalue weighted by molar-refractivity contribution is 0.594. The minimum Gasteiger partial charge on any atom is -0.312 e. The molecule has 0 aliphatic carbocycles. The number of pyridine rings is 1. The van der Waals surface area contributed by atoms with Crippen LogP contribution >= 0.6 is 11.3 Å². The molecule has 0 spiro atoms. The molecule has 0 bridgehead atoms. The highest BCUT2D eigenvalue weighted by atomic mass is 32.1. The van der Waals surface area contributed by atoms with Gasteiger partial charge in [0.15, 0.2) is 0 Å². The minimum absolute atomic E-state index is 0.184. The van der Waals surface area contributed by atoms with Crippen LogP contribution in [0.25, 0.3) is 10.1 Å². The molecule has 0 radical (unpaired) electrons. The first kappa shape index (κ1) is 13.2. The summed E-state index contributed by atoms with van der Waals surface area (Å²) in [6.07, 6.45) is 2.63. The number of nitrogens with one attached hydrogen (secondary N) is 1. The van der Waals surface area contributed by atoms with Crippen LogP contribution in [0.2, 0.25) is 0 Å². The van der Waals surface area contributed by atoms with Gasteiger partial charge in [0.2, 0.25) is 0 Å². The Morgan fingerprint density at radius 2 is 2.15 bits per heavy atom. The van der Waals surface area contributed by atoms with Gasteiger partial charge in [-0.1, -0.05) is 12.1 Å². The second-order valence-corrected chi connectivity index (χ2v) is 5.81. The zero-order valence-electron chi connectivity index (χ0n) is 11.1. The third-order valence-electron chi connectivity index (χ3n) is 3.33. The van der Waals surface area contributed by atoms with Crippen molar-refractivity contribution in [3.05, 3.63) is 65.0 Å².